The van der Waals surface area contributed by atoms with Crippen molar-refractivity contribution in [2.45, 2.75) is 38.1 Å². The molecule has 0 heterocycles. The van der Waals surface area contributed by atoms with Crippen LogP contribution >= 0.6 is 0 Å². The lowest BCUT2D eigenvalue weighted by atomic mass is 9.96. The van der Waals surface area contributed by atoms with E-state index in [0.717, 1.165) is 24.1 Å². The van der Waals surface area contributed by atoms with Crippen LogP contribution in [0, 0.1) is 6.92 Å². The molecule has 0 aromatic heterocycles. The second kappa shape index (κ2) is 4.98. The first-order chi connectivity index (χ1) is 8.56. The highest BCUT2D eigenvalue weighted by Gasteiger charge is 2.32. The van der Waals surface area contributed by atoms with Crippen LogP contribution in [0.2, 0.25) is 0 Å². The van der Waals surface area contributed by atoms with Gasteiger partial charge in [0.1, 0.15) is 0 Å². The van der Waals surface area contributed by atoms with E-state index in [4.69, 9.17) is 11.5 Å². The molecule has 4 heteroatoms. The molecule has 1 aliphatic rings. The van der Waals surface area contributed by atoms with Crippen molar-refractivity contribution in [3.05, 3.63) is 29.3 Å². The van der Waals surface area contributed by atoms with Gasteiger partial charge >= 0.3 is 0 Å². The molecule has 0 aliphatic heterocycles. The predicted molar refractivity (Wildman–Crippen MR) is 73.6 cm³/mol. The van der Waals surface area contributed by atoms with Crippen LogP contribution in [-0.2, 0) is 0 Å². The number of rotatable bonds is 4. The number of nitrogens with two attached hydrogens (primary N) is 2. The SMILES string of the molecule is Cc1ccc(C(N)=O)c(NC2(CN)CCCC2)c1. The number of hydrogen-bond acceptors (Lipinski definition) is 3. The van der Waals surface area contributed by atoms with Crippen molar-refractivity contribution in [1.29, 1.82) is 0 Å². The predicted octanol–water partition coefficient (Wildman–Crippen LogP) is 1.78. The van der Waals surface area contributed by atoms with Crippen LogP contribution in [0.25, 0.3) is 0 Å². The van der Waals surface area contributed by atoms with Crippen LogP contribution in [0.5, 0.6) is 0 Å². The molecule has 1 aromatic carbocycles. The van der Waals surface area contributed by atoms with Gasteiger partial charge in [-0.3, -0.25) is 4.79 Å². The number of aryl methyl sites for hydroxylation is 1. The smallest absolute Gasteiger partial charge is 0.250 e. The molecule has 4 nitrogen and oxygen atoms in total. The molecule has 1 aliphatic carbocycles. The van der Waals surface area contributed by atoms with Crippen molar-refractivity contribution in [1.82, 2.24) is 0 Å². The summed E-state index contributed by atoms with van der Waals surface area (Å²) >= 11 is 0. The van der Waals surface area contributed by atoms with Gasteiger partial charge in [0, 0.05) is 17.8 Å². The first-order valence-electron chi connectivity index (χ1n) is 6.45. The van der Waals surface area contributed by atoms with Crippen molar-refractivity contribution >= 4 is 11.6 Å². The van der Waals surface area contributed by atoms with E-state index in [9.17, 15) is 4.79 Å². The fourth-order valence-electron chi connectivity index (χ4n) is 2.69. The lowest BCUT2D eigenvalue weighted by Crippen LogP contribution is -2.43. The summed E-state index contributed by atoms with van der Waals surface area (Å²) in [4.78, 5) is 11.5. The van der Waals surface area contributed by atoms with Gasteiger partial charge in [-0.25, -0.2) is 0 Å². The maximum atomic E-state index is 11.5. The molecule has 1 amide bonds. The third-order valence-corrected chi connectivity index (χ3v) is 3.79. The van der Waals surface area contributed by atoms with Gasteiger partial charge in [0.05, 0.1) is 5.56 Å². The molecule has 0 spiro atoms. The van der Waals surface area contributed by atoms with Crippen LogP contribution in [0.3, 0.4) is 0 Å². The zero-order valence-electron chi connectivity index (χ0n) is 10.8. The van der Waals surface area contributed by atoms with Gasteiger partial charge in [-0.1, -0.05) is 18.9 Å². The van der Waals surface area contributed by atoms with E-state index in [2.05, 4.69) is 5.32 Å². The first-order valence-corrected chi connectivity index (χ1v) is 6.45. The Labute approximate surface area is 108 Å². The maximum absolute atomic E-state index is 11.5. The summed E-state index contributed by atoms with van der Waals surface area (Å²) in [5, 5.41) is 3.47. The lowest BCUT2D eigenvalue weighted by Gasteiger charge is -2.31. The average Bonchev–Trinajstić information content (AvgIpc) is 2.78. The Morgan fingerprint density at radius 3 is 2.61 bits per heavy atom. The normalized spacial score (nSPS) is 17.7. The molecule has 2 rings (SSSR count). The number of amides is 1. The summed E-state index contributed by atoms with van der Waals surface area (Å²) in [6.07, 6.45) is 4.47. The molecule has 1 fully saturated rings. The Balaban J connectivity index is 2.32. The molecule has 98 valence electrons. The minimum absolute atomic E-state index is 0.0714. The highest BCUT2D eigenvalue weighted by Crippen LogP contribution is 2.33. The van der Waals surface area contributed by atoms with Gasteiger partial charge < -0.3 is 16.8 Å². The van der Waals surface area contributed by atoms with Crippen LogP contribution in [0.4, 0.5) is 5.69 Å². The topological polar surface area (TPSA) is 81.1 Å². The molecule has 0 radical (unpaired) electrons. The van der Waals surface area contributed by atoms with Gasteiger partial charge in [-0.2, -0.15) is 0 Å². The largest absolute Gasteiger partial charge is 0.378 e. The van der Waals surface area contributed by atoms with Crippen molar-refractivity contribution in [3.63, 3.8) is 0 Å². The van der Waals surface area contributed by atoms with Gasteiger partial charge in [0.15, 0.2) is 0 Å². The average molecular weight is 247 g/mol. The van der Waals surface area contributed by atoms with Crippen molar-refractivity contribution in [2.24, 2.45) is 11.5 Å². The Bertz CT molecular complexity index is 450. The van der Waals surface area contributed by atoms with Crippen molar-refractivity contribution < 1.29 is 4.79 Å². The molecule has 1 aromatic rings. The number of carbonyl (C=O) groups is 1. The third kappa shape index (κ3) is 2.48. The summed E-state index contributed by atoms with van der Waals surface area (Å²) in [5.74, 6) is -0.400. The van der Waals surface area contributed by atoms with Crippen molar-refractivity contribution in [3.8, 4) is 0 Å². The Morgan fingerprint density at radius 2 is 2.06 bits per heavy atom. The van der Waals surface area contributed by atoms with Crippen LogP contribution in [0.15, 0.2) is 18.2 Å². The van der Waals surface area contributed by atoms with Crippen LogP contribution in [-0.4, -0.2) is 18.0 Å². The molecule has 5 N–H and O–H groups in total. The van der Waals surface area contributed by atoms with E-state index in [1.807, 2.05) is 19.1 Å². The summed E-state index contributed by atoms with van der Waals surface area (Å²) < 4.78 is 0. The number of benzene rings is 1. The van der Waals surface area contributed by atoms with Crippen LogP contribution < -0.4 is 16.8 Å². The fraction of sp³-hybridized carbons (Fsp3) is 0.500. The molecular formula is C14H21N3O. The monoisotopic (exact) mass is 247 g/mol. The van der Waals surface area contributed by atoms with Gasteiger partial charge in [-0.05, 0) is 37.5 Å². The van der Waals surface area contributed by atoms with E-state index in [0.29, 0.717) is 12.1 Å². The number of primary amides is 1. The second-order valence-corrected chi connectivity index (χ2v) is 5.23. The third-order valence-electron chi connectivity index (χ3n) is 3.79. The summed E-state index contributed by atoms with van der Waals surface area (Å²) in [6, 6.07) is 5.64. The van der Waals surface area contributed by atoms with Gasteiger partial charge in [0.25, 0.3) is 5.91 Å². The number of hydrogen-bond donors (Lipinski definition) is 3. The Kier molecular flexibility index (Phi) is 3.57. The zero-order chi connectivity index (χ0) is 13.2. The molecule has 0 atom stereocenters. The van der Waals surface area contributed by atoms with E-state index in [-0.39, 0.29) is 5.54 Å². The number of carbonyl (C=O) groups excluding carboxylic acids is 1. The lowest BCUT2D eigenvalue weighted by molar-refractivity contribution is 0.100. The highest BCUT2D eigenvalue weighted by molar-refractivity contribution is 5.98. The second-order valence-electron chi connectivity index (χ2n) is 5.23. The molecule has 0 saturated heterocycles. The quantitative estimate of drug-likeness (QED) is 0.758. The van der Waals surface area contributed by atoms with Gasteiger partial charge in [0.2, 0.25) is 0 Å². The maximum Gasteiger partial charge on any atom is 0.250 e. The summed E-state index contributed by atoms with van der Waals surface area (Å²) in [7, 11) is 0. The minimum Gasteiger partial charge on any atom is -0.378 e. The standard InChI is InChI=1S/C14H21N3O/c1-10-4-5-11(13(16)18)12(8-10)17-14(9-15)6-2-3-7-14/h4-5,8,17H,2-3,6-7,9,15H2,1H3,(H2,16,18). The molecule has 1 saturated carbocycles. The Morgan fingerprint density at radius 1 is 1.39 bits per heavy atom. The first kappa shape index (κ1) is 12.9. The molecule has 0 bridgehead atoms. The molecule has 18 heavy (non-hydrogen) atoms. The fourth-order valence-corrected chi connectivity index (χ4v) is 2.69. The number of nitrogens with one attached hydrogen (secondary N) is 1. The van der Waals surface area contributed by atoms with E-state index in [1.54, 1.807) is 6.07 Å². The van der Waals surface area contributed by atoms with E-state index in [1.165, 1.54) is 12.8 Å². The molecule has 0 unspecified atom stereocenters. The molecular weight excluding hydrogens is 226 g/mol. The minimum atomic E-state index is -0.400. The van der Waals surface area contributed by atoms with E-state index < -0.39 is 5.91 Å². The van der Waals surface area contributed by atoms with Crippen molar-refractivity contribution in [2.75, 3.05) is 11.9 Å². The number of anilines is 1. The summed E-state index contributed by atoms with van der Waals surface area (Å²) in [5.41, 5.74) is 13.7. The summed E-state index contributed by atoms with van der Waals surface area (Å²) in [6.45, 7) is 2.58. The van der Waals surface area contributed by atoms with E-state index >= 15 is 0 Å². The Hall–Kier alpha value is -1.55. The zero-order valence-corrected chi connectivity index (χ0v) is 10.8. The highest BCUT2D eigenvalue weighted by atomic mass is 16.1. The van der Waals surface area contributed by atoms with Crippen LogP contribution in [0.1, 0.15) is 41.6 Å². The van der Waals surface area contributed by atoms with Gasteiger partial charge in [-0.15, -0.1) is 0 Å².